The van der Waals surface area contributed by atoms with Crippen LogP contribution >= 0.6 is 0 Å². The van der Waals surface area contributed by atoms with Crippen LogP contribution in [-0.4, -0.2) is 31.0 Å². The lowest BCUT2D eigenvalue weighted by Crippen LogP contribution is -2.35. The van der Waals surface area contributed by atoms with Crippen LogP contribution in [0.1, 0.15) is 50.6 Å². The van der Waals surface area contributed by atoms with E-state index in [1.807, 2.05) is 32.0 Å². The number of aromatic nitrogens is 1. The number of rotatable bonds is 7. The van der Waals surface area contributed by atoms with Crippen molar-refractivity contribution >= 4 is 22.8 Å². The van der Waals surface area contributed by atoms with E-state index < -0.39 is 5.54 Å². The van der Waals surface area contributed by atoms with Crippen LogP contribution in [0.2, 0.25) is 0 Å². The van der Waals surface area contributed by atoms with E-state index in [2.05, 4.69) is 15.6 Å². The van der Waals surface area contributed by atoms with Gasteiger partial charge in [-0.2, -0.15) is 0 Å². The number of methoxy groups -OCH3 is 1. The van der Waals surface area contributed by atoms with E-state index in [4.69, 9.17) is 13.6 Å². The smallest absolute Gasteiger partial charge is 0.255 e. The van der Waals surface area contributed by atoms with Gasteiger partial charge in [-0.1, -0.05) is 6.07 Å². The number of furan rings is 1. The average Bonchev–Trinajstić information content (AvgIpc) is 3.43. The number of carbonyl (C=O) groups excluding carboxylic acids is 2. The van der Waals surface area contributed by atoms with Gasteiger partial charge in [-0.25, -0.2) is 9.37 Å². The fraction of sp³-hybridized carbons (Fsp3) is 0.219. The Hall–Kier alpha value is -4.92. The average molecular weight is 554 g/mol. The summed E-state index contributed by atoms with van der Waals surface area (Å²) >= 11 is 0. The third kappa shape index (κ3) is 4.53. The van der Waals surface area contributed by atoms with Crippen LogP contribution in [0.5, 0.6) is 5.75 Å². The summed E-state index contributed by atoms with van der Waals surface area (Å²) in [5.41, 5.74) is 4.47. The standard InChI is InChI=1S/C32H28FN3O5/c1-17-13-26(39-4)24(30(37)36-32(11-12-32)29-18(2)40-16-35-29)15-22(17)20-7-10-25-23(14-20)27(31(38)34-3)28(41-25)19-5-8-21(33)9-6-19/h5-10,13-16H,11-12H2,1-4H3,(H,34,38)(H,36,37). The molecule has 0 radical (unpaired) electrons. The van der Waals surface area contributed by atoms with Gasteiger partial charge >= 0.3 is 0 Å². The van der Waals surface area contributed by atoms with E-state index in [0.717, 1.165) is 35.2 Å². The molecule has 208 valence electrons. The highest BCUT2D eigenvalue weighted by Crippen LogP contribution is 2.46. The summed E-state index contributed by atoms with van der Waals surface area (Å²) in [5.74, 6) is 0.486. The molecule has 5 aromatic rings. The van der Waals surface area contributed by atoms with E-state index in [-0.39, 0.29) is 17.6 Å². The monoisotopic (exact) mass is 553 g/mol. The van der Waals surface area contributed by atoms with Gasteiger partial charge < -0.3 is 24.2 Å². The molecule has 2 amide bonds. The fourth-order valence-corrected chi connectivity index (χ4v) is 5.35. The van der Waals surface area contributed by atoms with Crippen molar-refractivity contribution in [2.24, 2.45) is 0 Å². The Bertz CT molecular complexity index is 1820. The van der Waals surface area contributed by atoms with Crippen molar-refractivity contribution in [2.45, 2.75) is 32.2 Å². The predicted octanol–water partition coefficient (Wildman–Crippen LogP) is 6.30. The minimum Gasteiger partial charge on any atom is -0.496 e. The molecule has 1 aliphatic rings. The quantitative estimate of drug-likeness (QED) is 0.245. The minimum absolute atomic E-state index is 0.281. The molecule has 2 N–H and O–H groups in total. The first kappa shape index (κ1) is 26.3. The lowest BCUT2D eigenvalue weighted by molar-refractivity contribution is 0.0924. The molecule has 41 heavy (non-hydrogen) atoms. The zero-order chi connectivity index (χ0) is 28.9. The third-order valence-corrected chi connectivity index (χ3v) is 7.65. The van der Waals surface area contributed by atoms with Crippen molar-refractivity contribution in [3.8, 4) is 28.2 Å². The van der Waals surface area contributed by atoms with Crippen LogP contribution in [-0.2, 0) is 5.54 Å². The Balaban J connectivity index is 1.43. The lowest BCUT2D eigenvalue weighted by Gasteiger charge is -2.18. The number of carbonyl (C=O) groups is 2. The van der Waals surface area contributed by atoms with Gasteiger partial charge in [0.2, 0.25) is 0 Å². The molecule has 1 saturated carbocycles. The second-order valence-corrected chi connectivity index (χ2v) is 10.3. The van der Waals surface area contributed by atoms with Gasteiger partial charge in [0, 0.05) is 18.0 Å². The maximum atomic E-state index is 13.6. The number of nitrogens with one attached hydrogen (secondary N) is 2. The van der Waals surface area contributed by atoms with E-state index in [1.165, 1.54) is 25.6 Å². The molecule has 0 atom stereocenters. The highest BCUT2D eigenvalue weighted by atomic mass is 19.1. The Morgan fingerprint density at radius 2 is 1.73 bits per heavy atom. The molecule has 6 rings (SSSR count). The number of ether oxygens (including phenoxy) is 1. The second kappa shape index (κ2) is 9.92. The molecule has 2 heterocycles. The van der Waals surface area contributed by atoms with Gasteiger partial charge in [0.25, 0.3) is 11.8 Å². The molecular weight excluding hydrogens is 525 g/mol. The summed E-state index contributed by atoms with van der Waals surface area (Å²) in [4.78, 5) is 31.0. The molecule has 0 spiro atoms. The van der Waals surface area contributed by atoms with Gasteiger partial charge in [0.05, 0.1) is 23.8 Å². The van der Waals surface area contributed by atoms with Crippen LogP contribution in [0.15, 0.2) is 69.8 Å². The number of aryl methyl sites for hydroxylation is 2. The zero-order valence-corrected chi connectivity index (χ0v) is 23.1. The van der Waals surface area contributed by atoms with Gasteiger partial charge in [0.15, 0.2) is 6.39 Å². The van der Waals surface area contributed by atoms with Gasteiger partial charge in [-0.15, -0.1) is 0 Å². The Morgan fingerprint density at radius 1 is 1.00 bits per heavy atom. The Labute approximate surface area is 235 Å². The minimum atomic E-state index is -0.556. The second-order valence-electron chi connectivity index (χ2n) is 10.3. The molecule has 2 aromatic heterocycles. The van der Waals surface area contributed by atoms with Crippen LogP contribution < -0.4 is 15.4 Å². The lowest BCUT2D eigenvalue weighted by atomic mass is 9.95. The zero-order valence-electron chi connectivity index (χ0n) is 23.1. The van der Waals surface area contributed by atoms with Crippen LogP contribution in [0, 0.1) is 19.7 Å². The van der Waals surface area contributed by atoms with Gasteiger partial charge in [-0.3, -0.25) is 9.59 Å². The summed E-state index contributed by atoms with van der Waals surface area (Å²) in [6.45, 7) is 3.77. The first-order chi connectivity index (χ1) is 19.7. The van der Waals surface area contributed by atoms with Crippen molar-refractivity contribution in [3.63, 3.8) is 0 Å². The van der Waals surface area contributed by atoms with Crippen molar-refractivity contribution < 1.29 is 27.6 Å². The summed E-state index contributed by atoms with van der Waals surface area (Å²) in [6, 6.07) is 15.0. The molecular formula is C32H28FN3O5. The van der Waals surface area contributed by atoms with E-state index in [0.29, 0.717) is 44.9 Å². The maximum Gasteiger partial charge on any atom is 0.255 e. The van der Waals surface area contributed by atoms with Crippen LogP contribution in [0.3, 0.4) is 0 Å². The van der Waals surface area contributed by atoms with Crippen LogP contribution in [0.4, 0.5) is 4.39 Å². The molecule has 0 saturated heterocycles. The number of oxazole rings is 1. The number of halogens is 1. The molecule has 0 bridgehead atoms. The molecule has 8 nitrogen and oxygen atoms in total. The SMILES string of the molecule is CNC(=O)c1c(-c2ccc(F)cc2)oc2ccc(-c3cc(C(=O)NC4(c5ncoc5C)CC4)c(OC)cc3C)cc12. The van der Waals surface area contributed by atoms with Crippen molar-refractivity contribution in [1.82, 2.24) is 15.6 Å². The molecule has 1 aliphatic carbocycles. The first-order valence-corrected chi connectivity index (χ1v) is 13.2. The topological polar surface area (TPSA) is 107 Å². The summed E-state index contributed by atoms with van der Waals surface area (Å²) in [7, 11) is 3.08. The number of benzene rings is 3. The largest absolute Gasteiger partial charge is 0.496 e. The summed E-state index contributed by atoms with van der Waals surface area (Å²) in [6.07, 6.45) is 2.92. The highest BCUT2D eigenvalue weighted by molar-refractivity contribution is 6.12. The van der Waals surface area contributed by atoms with Crippen molar-refractivity contribution in [2.75, 3.05) is 14.2 Å². The number of hydrogen-bond donors (Lipinski definition) is 2. The number of fused-ring (bicyclic) bond motifs is 1. The molecule has 9 heteroatoms. The van der Waals surface area contributed by atoms with Gasteiger partial charge in [-0.05, 0) is 91.9 Å². The highest BCUT2D eigenvalue weighted by Gasteiger charge is 2.49. The maximum absolute atomic E-state index is 13.6. The summed E-state index contributed by atoms with van der Waals surface area (Å²) in [5, 5.41) is 6.43. The predicted molar refractivity (Wildman–Crippen MR) is 151 cm³/mol. The first-order valence-electron chi connectivity index (χ1n) is 13.2. The fourth-order valence-electron chi connectivity index (χ4n) is 5.35. The van der Waals surface area contributed by atoms with Crippen molar-refractivity contribution in [3.05, 3.63) is 95.0 Å². The van der Waals surface area contributed by atoms with Crippen LogP contribution in [0.25, 0.3) is 33.4 Å². The third-order valence-electron chi connectivity index (χ3n) is 7.65. The number of nitrogens with zero attached hydrogens (tertiary/aromatic N) is 1. The normalized spacial score (nSPS) is 13.7. The molecule has 0 unspecified atom stereocenters. The van der Waals surface area contributed by atoms with E-state index in [9.17, 15) is 14.0 Å². The molecule has 1 fully saturated rings. The Kier molecular flexibility index (Phi) is 6.37. The van der Waals surface area contributed by atoms with E-state index in [1.54, 1.807) is 31.3 Å². The summed E-state index contributed by atoms with van der Waals surface area (Å²) < 4.78 is 30.7. The Morgan fingerprint density at radius 3 is 2.37 bits per heavy atom. The van der Waals surface area contributed by atoms with E-state index >= 15 is 0 Å². The number of amides is 2. The van der Waals surface area contributed by atoms with Crippen molar-refractivity contribution in [1.29, 1.82) is 0 Å². The van der Waals surface area contributed by atoms with Gasteiger partial charge in [0.1, 0.15) is 34.4 Å². The number of hydrogen-bond acceptors (Lipinski definition) is 6. The molecule has 0 aliphatic heterocycles. The molecule has 3 aromatic carbocycles.